The maximum Gasteiger partial charge on any atom is 0.418 e. The number of pyridine rings is 1. The predicted octanol–water partition coefficient (Wildman–Crippen LogP) is 4.98. The number of carbonyl (C=O) groups is 1. The van der Waals surface area contributed by atoms with E-state index in [1.807, 2.05) is 0 Å². The zero-order valence-corrected chi connectivity index (χ0v) is 14.4. The summed E-state index contributed by atoms with van der Waals surface area (Å²) in [5.41, 5.74) is 5.43. The van der Waals surface area contributed by atoms with Gasteiger partial charge < -0.3 is 11.1 Å². The van der Waals surface area contributed by atoms with Gasteiger partial charge in [0.05, 0.1) is 16.8 Å². The third-order valence-electron chi connectivity index (χ3n) is 3.69. The van der Waals surface area contributed by atoms with Crippen molar-refractivity contribution in [2.45, 2.75) is 13.1 Å². The molecule has 1 amide bonds. The van der Waals surface area contributed by atoms with Crippen LogP contribution in [-0.4, -0.2) is 10.9 Å². The second kappa shape index (κ2) is 6.80. The van der Waals surface area contributed by atoms with E-state index in [9.17, 15) is 18.0 Å². The van der Waals surface area contributed by atoms with Crippen molar-refractivity contribution in [3.63, 3.8) is 0 Å². The molecule has 0 bridgehead atoms. The summed E-state index contributed by atoms with van der Waals surface area (Å²) in [6, 6.07) is 10.3. The van der Waals surface area contributed by atoms with Gasteiger partial charge in [0.2, 0.25) is 5.91 Å². The molecule has 3 rings (SSSR count). The fourth-order valence-corrected chi connectivity index (χ4v) is 3.50. The Hall–Kier alpha value is -2.87. The van der Waals surface area contributed by atoms with Crippen LogP contribution >= 0.6 is 11.3 Å². The lowest BCUT2D eigenvalue weighted by atomic mass is 10.0. The molecule has 0 radical (unpaired) electrons. The summed E-state index contributed by atoms with van der Waals surface area (Å²) >= 11 is 1.15. The molecule has 0 aliphatic carbocycles. The average molecular weight is 377 g/mol. The summed E-state index contributed by atoms with van der Waals surface area (Å²) in [5, 5.41) is 4.38. The zero-order chi connectivity index (χ0) is 18.9. The number of thiophene rings is 1. The number of nitrogens with zero attached hydrogens (tertiary/aromatic N) is 1. The normalized spacial score (nSPS) is 11.4. The van der Waals surface area contributed by atoms with E-state index in [-0.39, 0.29) is 22.6 Å². The maximum atomic E-state index is 13.6. The van der Waals surface area contributed by atoms with Crippen molar-refractivity contribution < 1.29 is 18.0 Å². The molecule has 3 N–H and O–H groups in total. The molecule has 8 heteroatoms. The van der Waals surface area contributed by atoms with E-state index in [0.29, 0.717) is 10.6 Å². The average Bonchev–Trinajstić information content (AvgIpc) is 3.03. The quantitative estimate of drug-likeness (QED) is 0.674. The first-order chi connectivity index (χ1) is 12.3. The number of nitrogens with one attached hydrogen (secondary N) is 1. The maximum absolute atomic E-state index is 13.6. The fourth-order valence-electron chi connectivity index (χ4n) is 2.57. The number of amides is 1. The van der Waals surface area contributed by atoms with Gasteiger partial charge in [0.15, 0.2) is 0 Å². The Kier molecular flexibility index (Phi) is 4.69. The highest BCUT2D eigenvalue weighted by atomic mass is 32.1. The van der Waals surface area contributed by atoms with Gasteiger partial charge in [-0.3, -0.25) is 4.79 Å². The number of alkyl halides is 3. The Morgan fingerprint density at radius 3 is 2.54 bits per heavy atom. The van der Waals surface area contributed by atoms with Crippen LogP contribution in [0.1, 0.15) is 21.6 Å². The van der Waals surface area contributed by atoms with Crippen LogP contribution in [0, 0.1) is 6.92 Å². The van der Waals surface area contributed by atoms with Crippen LogP contribution in [0.3, 0.4) is 0 Å². The number of carbonyl (C=O) groups excluding carboxylic acids is 1. The topological polar surface area (TPSA) is 68.0 Å². The van der Waals surface area contributed by atoms with Crippen LogP contribution in [0.25, 0.3) is 10.4 Å². The lowest BCUT2D eigenvalue weighted by Gasteiger charge is -2.18. The van der Waals surface area contributed by atoms with Crippen LogP contribution in [0.15, 0.2) is 47.8 Å². The first kappa shape index (κ1) is 17.9. The molecule has 0 fully saturated rings. The van der Waals surface area contributed by atoms with Crippen molar-refractivity contribution in [3.8, 4) is 10.4 Å². The number of para-hydroxylation sites is 1. The lowest BCUT2D eigenvalue weighted by molar-refractivity contribution is -0.136. The minimum Gasteiger partial charge on any atom is -0.366 e. The summed E-state index contributed by atoms with van der Waals surface area (Å²) in [5.74, 6) is -0.418. The second-order valence-electron chi connectivity index (χ2n) is 5.54. The van der Waals surface area contributed by atoms with E-state index >= 15 is 0 Å². The zero-order valence-electron chi connectivity index (χ0n) is 13.6. The number of nitrogens with two attached hydrogens (primary N) is 1. The molecule has 26 heavy (non-hydrogen) atoms. The Bertz CT molecular complexity index is 966. The molecule has 134 valence electrons. The van der Waals surface area contributed by atoms with Gasteiger partial charge in [0.1, 0.15) is 5.82 Å². The van der Waals surface area contributed by atoms with Crippen molar-refractivity contribution in [1.29, 1.82) is 0 Å². The monoisotopic (exact) mass is 377 g/mol. The van der Waals surface area contributed by atoms with Gasteiger partial charge in [-0.2, -0.15) is 13.2 Å². The van der Waals surface area contributed by atoms with Crippen molar-refractivity contribution in [1.82, 2.24) is 4.98 Å². The van der Waals surface area contributed by atoms with Crippen LogP contribution in [-0.2, 0) is 6.18 Å². The first-order valence-electron chi connectivity index (χ1n) is 7.56. The van der Waals surface area contributed by atoms with Crippen LogP contribution < -0.4 is 11.1 Å². The van der Waals surface area contributed by atoms with E-state index < -0.39 is 17.6 Å². The molecule has 0 unspecified atom stereocenters. The first-order valence-corrected chi connectivity index (χ1v) is 8.44. The molecular weight excluding hydrogens is 363 g/mol. The number of rotatable bonds is 4. The molecule has 0 spiro atoms. The molecule has 3 aromatic rings. The molecule has 0 saturated heterocycles. The van der Waals surface area contributed by atoms with Crippen LogP contribution in [0.5, 0.6) is 0 Å². The van der Waals surface area contributed by atoms with Gasteiger partial charge >= 0.3 is 6.18 Å². The second-order valence-corrected chi connectivity index (χ2v) is 6.46. The Labute approximate surface area is 151 Å². The van der Waals surface area contributed by atoms with Crippen molar-refractivity contribution in [2.24, 2.45) is 5.73 Å². The summed E-state index contributed by atoms with van der Waals surface area (Å²) < 4.78 is 40.7. The number of anilines is 2. The van der Waals surface area contributed by atoms with Gasteiger partial charge in [-0.15, -0.1) is 11.3 Å². The molecule has 1 aromatic carbocycles. The van der Waals surface area contributed by atoms with E-state index in [2.05, 4.69) is 10.3 Å². The van der Waals surface area contributed by atoms with E-state index in [4.69, 9.17) is 5.73 Å². The summed E-state index contributed by atoms with van der Waals surface area (Å²) in [6.07, 6.45) is -4.58. The van der Waals surface area contributed by atoms with E-state index in [1.165, 1.54) is 18.2 Å². The van der Waals surface area contributed by atoms with Gasteiger partial charge in [0, 0.05) is 16.1 Å². The van der Waals surface area contributed by atoms with Crippen LogP contribution in [0.2, 0.25) is 0 Å². The molecule has 2 aromatic heterocycles. The number of primary amides is 1. The summed E-state index contributed by atoms with van der Waals surface area (Å²) in [4.78, 5) is 16.2. The molecule has 0 aliphatic rings. The van der Waals surface area contributed by atoms with Crippen molar-refractivity contribution in [2.75, 3.05) is 5.32 Å². The Balaban J connectivity index is 2.22. The number of benzene rings is 1. The minimum absolute atomic E-state index is 0.164. The molecular formula is C18H14F3N3OS. The SMILES string of the molecule is Cc1cccc(Nc2c(-c3sccc3C(N)=O)cccc2C(F)(F)F)n1. The fraction of sp³-hybridized carbons (Fsp3) is 0.111. The van der Waals surface area contributed by atoms with Crippen LogP contribution in [0.4, 0.5) is 24.7 Å². The molecule has 2 heterocycles. The Morgan fingerprint density at radius 2 is 1.88 bits per heavy atom. The van der Waals surface area contributed by atoms with E-state index in [1.54, 1.807) is 30.5 Å². The predicted molar refractivity (Wildman–Crippen MR) is 95.5 cm³/mol. The number of hydrogen-bond donors (Lipinski definition) is 2. The highest BCUT2D eigenvalue weighted by Gasteiger charge is 2.35. The van der Waals surface area contributed by atoms with Gasteiger partial charge in [-0.25, -0.2) is 4.98 Å². The third-order valence-corrected chi connectivity index (χ3v) is 4.63. The Morgan fingerprint density at radius 1 is 1.15 bits per heavy atom. The standard InChI is InChI=1S/C18H14F3N3OS/c1-10-4-2-7-14(23-10)24-15-11(5-3-6-13(15)18(19,20)21)16-12(17(22)25)8-9-26-16/h2-9H,1H3,(H2,22,25)(H,23,24). The molecule has 0 atom stereocenters. The highest BCUT2D eigenvalue weighted by Crippen LogP contribution is 2.43. The number of halogens is 3. The lowest BCUT2D eigenvalue weighted by Crippen LogP contribution is -2.13. The molecule has 4 nitrogen and oxygen atoms in total. The number of aromatic nitrogens is 1. The smallest absolute Gasteiger partial charge is 0.366 e. The molecule has 0 saturated carbocycles. The highest BCUT2D eigenvalue weighted by molar-refractivity contribution is 7.14. The van der Waals surface area contributed by atoms with E-state index in [0.717, 1.165) is 17.4 Å². The van der Waals surface area contributed by atoms with Crippen molar-refractivity contribution >= 4 is 28.7 Å². The number of hydrogen-bond acceptors (Lipinski definition) is 4. The number of aryl methyl sites for hydroxylation is 1. The van der Waals surface area contributed by atoms with Crippen molar-refractivity contribution in [3.05, 3.63) is 64.7 Å². The summed E-state index contributed by atoms with van der Waals surface area (Å²) in [6.45, 7) is 1.74. The largest absolute Gasteiger partial charge is 0.418 e. The van der Waals surface area contributed by atoms with Gasteiger partial charge in [0.25, 0.3) is 0 Å². The minimum atomic E-state index is -4.58. The van der Waals surface area contributed by atoms with Gasteiger partial charge in [-0.05, 0) is 36.6 Å². The third kappa shape index (κ3) is 3.55. The summed E-state index contributed by atoms with van der Waals surface area (Å²) in [7, 11) is 0. The van der Waals surface area contributed by atoms with Gasteiger partial charge in [-0.1, -0.05) is 18.2 Å². The molecule has 0 aliphatic heterocycles.